The van der Waals surface area contributed by atoms with Crippen LogP contribution in [-0.4, -0.2) is 45.6 Å². The quantitative estimate of drug-likeness (QED) is 0.911. The standard InChI is InChI=1S/C16H17FN2O3S/c17-16(15(21)22)8-9-19(10-16)14(20)7-3-6-13-18-11-4-1-2-5-12(11)23-13/h1-2,4-5H,3,6-10H2,(H,21,22). The number of carboxylic acids is 1. The summed E-state index contributed by atoms with van der Waals surface area (Å²) in [7, 11) is 0. The molecular formula is C16H17FN2O3S. The maximum atomic E-state index is 13.9. The second-order valence-corrected chi connectivity index (χ2v) is 6.88. The van der Waals surface area contributed by atoms with Crippen molar-refractivity contribution in [1.29, 1.82) is 0 Å². The van der Waals surface area contributed by atoms with Gasteiger partial charge in [0.2, 0.25) is 11.6 Å². The summed E-state index contributed by atoms with van der Waals surface area (Å²) in [4.78, 5) is 28.7. The summed E-state index contributed by atoms with van der Waals surface area (Å²) in [5, 5.41) is 9.82. The number of benzene rings is 1. The van der Waals surface area contributed by atoms with Gasteiger partial charge in [0.05, 0.1) is 21.8 Å². The SMILES string of the molecule is O=C(CCCc1nc2ccccc2s1)N1CCC(F)(C(=O)O)C1. The largest absolute Gasteiger partial charge is 0.479 e. The van der Waals surface area contributed by atoms with Gasteiger partial charge in [-0.2, -0.15) is 0 Å². The number of fused-ring (bicyclic) bond motifs is 1. The minimum absolute atomic E-state index is 0.133. The first kappa shape index (κ1) is 15.9. The number of halogens is 1. The Labute approximate surface area is 136 Å². The number of carbonyl (C=O) groups is 2. The highest BCUT2D eigenvalue weighted by molar-refractivity contribution is 7.18. The summed E-state index contributed by atoms with van der Waals surface area (Å²) in [5.41, 5.74) is -1.33. The van der Waals surface area contributed by atoms with Crippen LogP contribution in [0, 0.1) is 0 Å². The van der Waals surface area contributed by atoms with Gasteiger partial charge in [-0.05, 0) is 25.0 Å². The molecule has 7 heteroatoms. The number of carboxylic acid groups (broad SMARTS) is 1. The van der Waals surface area contributed by atoms with Crippen LogP contribution in [0.25, 0.3) is 10.2 Å². The number of hydrogen-bond donors (Lipinski definition) is 1. The first-order chi connectivity index (χ1) is 11.0. The Kier molecular flexibility index (Phi) is 4.30. The molecule has 5 nitrogen and oxygen atoms in total. The molecule has 2 aromatic rings. The van der Waals surface area contributed by atoms with E-state index >= 15 is 0 Å². The molecule has 1 aliphatic rings. The summed E-state index contributed by atoms with van der Waals surface area (Å²) in [6, 6.07) is 7.87. The maximum absolute atomic E-state index is 13.9. The fourth-order valence-corrected chi connectivity index (χ4v) is 3.75. The molecule has 3 rings (SSSR count). The molecule has 1 saturated heterocycles. The van der Waals surface area contributed by atoms with E-state index in [1.54, 1.807) is 11.3 Å². The molecule has 0 spiro atoms. The molecule has 1 amide bonds. The topological polar surface area (TPSA) is 70.5 Å². The molecule has 122 valence electrons. The van der Waals surface area contributed by atoms with Crippen LogP contribution in [0.15, 0.2) is 24.3 Å². The first-order valence-corrected chi connectivity index (χ1v) is 8.34. The van der Waals surface area contributed by atoms with Gasteiger partial charge < -0.3 is 10.0 Å². The van der Waals surface area contributed by atoms with E-state index < -0.39 is 11.6 Å². The Bertz CT molecular complexity index is 715. The monoisotopic (exact) mass is 336 g/mol. The smallest absolute Gasteiger partial charge is 0.343 e. The van der Waals surface area contributed by atoms with E-state index in [2.05, 4.69) is 4.98 Å². The number of carbonyl (C=O) groups excluding carboxylic acids is 1. The number of alkyl halides is 1. The lowest BCUT2D eigenvalue weighted by molar-refractivity contribution is -0.150. The minimum atomic E-state index is -2.29. The van der Waals surface area contributed by atoms with Crippen LogP contribution >= 0.6 is 11.3 Å². The van der Waals surface area contributed by atoms with Crippen LogP contribution in [0.2, 0.25) is 0 Å². The zero-order valence-electron chi connectivity index (χ0n) is 12.5. The van der Waals surface area contributed by atoms with Crippen LogP contribution in [0.5, 0.6) is 0 Å². The summed E-state index contributed by atoms with van der Waals surface area (Å²) in [5.74, 6) is -1.67. The normalized spacial score (nSPS) is 21.0. The number of likely N-dealkylation sites (tertiary alicyclic amines) is 1. The van der Waals surface area contributed by atoms with Gasteiger partial charge in [0.25, 0.3) is 0 Å². The minimum Gasteiger partial charge on any atom is -0.479 e. The molecule has 1 aliphatic heterocycles. The number of aromatic nitrogens is 1. The Morgan fingerprint density at radius 1 is 1.39 bits per heavy atom. The number of hydrogen-bond acceptors (Lipinski definition) is 4. The number of thiazole rings is 1. The fraction of sp³-hybridized carbons (Fsp3) is 0.438. The average Bonchev–Trinajstić information content (AvgIpc) is 3.11. The van der Waals surface area contributed by atoms with Crippen LogP contribution in [0.4, 0.5) is 4.39 Å². The van der Waals surface area contributed by atoms with Crippen molar-refractivity contribution < 1.29 is 19.1 Å². The van der Waals surface area contributed by atoms with Crippen LogP contribution in [0.1, 0.15) is 24.3 Å². The van der Waals surface area contributed by atoms with Gasteiger partial charge in [-0.3, -0.25) is 4.79 Å². The predicted octanol–water partition coefficient (Wildman–Crippen LogP) is 2.64. The molecule has 0 radical (unpaired) electrons. The number of amides is 1. The van der Waals surface area contributed by atoms with Crippen molar-refractivity contribution in [2.45, 2.75) is 31.4 Å². The second kappa shape index (κ2) is 6.23. The Balaban J connectivity index is 1.51. The number of nitrogens with zero attached hydrogens (tertiary/aromatic N) is 2. The molecular weight excluding hydrogens is 319 g/mol. The highest BCUT2D eigenvalue weighted by Gasteiger charge is 2.46. The molecule has 1 fully saturated rings. The van der Waals surface area contributed by atoms with Crippen molar-refractivity contribution in [1.82, 2.24) is 9.88 Å². The van der Waals surface area contributed by atoms with Crippen molar-refractivity contribution in [3.05, 3.63) is 29.3 Å². The summed E-state index contributed by atoms with van der Waals surface area (Å²) < 4.78 is 15.1. The van der Waals surface area contributed by atoms with Crippen LogP contribution in [-0.2, 0) is 16.0 Å². The molecule has 0 aliphatic carbocycles. The van der Waals surface area contributed by atoms with Gasteiger partial charge in [0.15, 0.2) is 0 Å². The van der Waals surface area contributed by atoms with E-state index in [1.165, 1.54) is 4.90 Å². The van der Waals surface area contributed by atoms with Gasteiger partial charge in [-0.15, -0.1) is 11.3 Å². The number of para-hydroxylation sites is 1. The molecule has 1 N–H and O–H groups in total. The van der Waals surface area contributed by atoms with Crippen LogP contribution < -0.4 is 0 Å². The number of aryl methyl sites for hydroxylation is 1. The van der Waals surface area contributed by atoms with E-state index in [1.807, 2.05) is 24.3 Å². The molecule has 0 saturated carbocycles. The third kappa shape index (κ3) is 3.34. The maximum Gasteiger partial charge on any atom is 0.343 e. The molecule has 2 heterocycles. The summed E-state index contributed by atoms with van der Waals surface area (Å²) >= 11 is 1.61. The first-order valence-electron chi connectivity index (χ1n) is 7.52. The molecule has 1 unspecified atom stereocenters. The summed E-state index contributed by atoms with van der Waals surface area (Å²) in [6.45, 7) is -0.176. The Morgan fingerprint density at radius 3 is 2.87 bits per heavy atom. The van der Waals surface area contributed by atoms with Crippen molar-refractivity contribution in [3.8, 4) is 0 Å². The molecule has 1 aromatic heterocycles. The van der Waals surface area contributed by atoms with Crippen molar-refractivity contribution >= 4 is 33.4 Å². The zero-order chi connectivity index (χ0) is 16.4. The third-order valence-corrected chi connectivity index (χ3v) is 5.17. The molecule has 1 aromatic carbocycles. The van der Waals surface area contributed by atoms with E-state index in [0.717, 1.165) is 15.2 Å². The third-order valence-electron chi connectivity index (χ3n) is 4.07. The number of rotatable bonds is 5. The highest BCUT2D eigenvalue weighted by atomic mass is 32.1. The second-order valence-electron chi connectivity index (χ2n) is 5.76. The van der Waals surface area contributed by atoms with Crippen molar-refractivity contribution in [2.24, 2.45) is 0 Å². The Morgan fingerprint density at radius 2 is 2.17 bits per heavy atom. The summed E-state index contributed by atoms with van der Waals surface area (Å²) in [6.07, 6.45) is 1.47. The predicted molar refractivity (Wildman–Crippen MR) is 85.2 cm³/mol. The molecule has 0 bridgehead atoms. The lowest BCUT2D eigenvalue weighted by Gasteiger charge is -2.17. The van der Waals surface area contributed by atoms with Gasteiger partial charge >= 0.3 is 5.97 Å². The van der Waals surface area contributed by atoms with Crippen LogP contribution in [0.3, 0.4) is 0 Å². The van der Waals surface area contributed by atoms with Gasteiger partial charge in [0, 0.05) is 19.4 Å². The zero-order valence-corrected chi connectivity index (χ0v) is 13.3. The average molecular weight is 336 g/mol. The van der Waals surface area contributed by atoms with Crippen molar-refractivity contribution in [3.63, 3.8) is 0 Å². The number of aliphatic carboxylic acids is 1. The van der Waals surface area contributed by atoms with E-state index in [0.29, 0.717) is 12.8 Å². The van der Waals surface area contributed by atoms with E-state index in [4.69, 9.17) is 5.11 Å². The Hall–Kier alpha value is -2.02. The van der Waals surface area contributed by atoms with Gasteiger partial charge in [-0.1, -0.05) is 12.1 Å². The van der Waals surface area contributed by atoms with E-state index in [9.17, 15) is 14.0 Å². The van der Waals surface area contributed by atoms with Gasteiger partial charge in [0.1, 0.15) is 0 Å². The van der Waals surface area contributed by atoms with Gasteiger partial charge in [-0.25, -0.2) is 14.2 Å². The molecule has 23 heavy (non-hydrogen) atoms. The highest BCUT2D eigenvalue weighted by Crippen LogP contribution is 2.27. The molecule has 1 atom stereocenters. The van der Waals surface area contributed by atoms with Crippen molar-refractivity contribution in [2.75, 3.05) is 13.1 Å². The van der Waals surface area contributed by atoms with E-state index in [-0.39, 0.29) is 31.8 Å². The lowest BCUT2D eigenvalue weighted by Crippen LogP contribution is -2.38. The lowest BCUT2D eigenvalue weighted by atomic mass is 10.1. The fourth-order valence-electron chi connectivity index (χ4n) is 2.74.